The number of aryl methyl sites for hydroxylation is 2. The maximum atomic E-state index is 11.2. The van der Waals surface area contributed by atoms with Gasteiger partial charge in [0.15, 0.2) is 0 Å². The van der Waals surface area contributed by atoms with Gasteiger partial charge in [-0.15, -0.1) is 0 Å². The molecule has 0 spiro atoms. The Balaban J connectivity index is 2.37. The minimum absolute atomic E-state index is 0.0899. The molecule has 0 amide bonds. The first kappa shape index (κ1) is 11.7. The summed E-state index contributed by atoms with van der Waals surface area (Å²) in [6.45, 7) is 2.00. The van der Waals surface area contributed by atoms with Gasteiger partial charge in [0, 0.05) is 6.42 Å². The third-order valence-electron chi connectivity index (χ3n) is 2.21. The zero-order valence-electron chi connectivity index (χ0n) is 8.90. The monoisotopic (exact) mass is 208 g/mol. The molecule has 0 aliphatic heterocycles. The number of carbonyl (C=O) groups excluding carboxylic acids is 1. The number of carbonyl (C=O) groups is 1. The summed E-state index contributed by atoms with van der Waals surface area (Å²) < 4.78 is 4.76. The van der Waals surface area contributed by atoms with E-state index in [1.54, 1.807) is 0 Å². The fraction of sp³-hybridized carbons (Fsp3) is 0.417. The molecule has 0 unspecified atom stereocenters. The number of benzene rings is 1. The van der Waals surface area contributed by atoms with Crippen LogP contribution in [0.5, 0.6) is 0 Å². The molecule has 0 fully saturated rings. The number of rotatable bonds is 5. The molecular formula is C12H16O3. The summed E-state index contributed by atoms with van der Waals surface area (Å²) in [6.07, 6.45) is 1.06. The lowest BCUT2D eigenvalue weighted by Gasteiger charge is -2.05. The number of aliphatic hydroxyl groups excluding tert-OH is 1. The second-order valence-electron chi connectivity index (χ2n) is 3.37. The maximum Gasteiger partial charge on any atom is 0.306 e. The van der Waals surface area contributed by atoms with Gasteiger partial charge in [-0.2, -0.15) is 0 Å². The molecule has 0 aliphatic rings. The Kier molecular flexibility index (Phi) is 4.84. The average Bonchev–Trinajstić information content (AvgIpc) is 2.25. The first-order valence-corrected chi connectivity index (χ1v) is 5.05. The molecule has 0 aromatic heterocycles. The van der Waals surface area contributed by atoms with Gasteiger partial charge >= 0.3 is 5.97 Å². The van der Waals surface area contributed by atoms with Gasteiger partial charge in [0.05, 0.1) is 6.61 Å². The van der Waals surface area contributed by atoms with E-state index < -0.39 is 0 Å². The van der Waals surface area contributed by atoms with Crippen molar-refractivity contribution in [3.05, 3.63) is 35.4 Å². The van der Waals surface area contributed by atoms with Crippen molar-refractivity contribution in [1.29, 1.82) is 0 Å². The number of hydrogen-bond acceptors (Lipinski definition) is 3. The summed E-state index contributed by atoms with van der Waals surface area (Å²) in [7, 11) is 0. The summed E-state index contributed by atoms with van der Waals surface area (Å²) >= 11 is 0. The lowest BCUT2D eigenvalue weighted by Crippen LogP contribution is -2.09. The van der Waals surface area contributed by atoms with Crippen LogP contribution in [0, 0.1) is 6.92 Å². The van der Waals surface area contributed by atoms with Gasteiger partial charge in [-0.05, 0) is 24.5 Å². The Morgan fingerprint density at radius 2 is 2.13 bits per heavy atom. The summed E-state index contributed by atoms with van der Waals surface area (Å²) in [6, 6.07) is 7.97. The lowest BCUT2D eigenvalue weighted by molar-refractivity contribution is -0.144. The van der Waals surface area contributed by atoms with Crippen molar-refractivity contribution >= 4 is 5.97 Å². The van der Waals surface area contributed by atoms with Gasteiger partial charge in [-0.3, -0.25) is 4.79 Å². The van der Waals surface area contributed by atoms with Crippen molar-refractivity contribution in [2.24, 2.45) is 0 Å². The number of aliphatic hydroxyl groups is 1. The standard InChI is InChI=1S/C12H16O3/c1-10-4-2-3-5-11(10)6-7-12(14)15-9-8-13/h2-5,13H,6-9H2,1H3. The Morgan fingerprint density at radius 1 is 1.40 bits per heavy atom. The molecule has 1 aromatic carbocycles. The fourth-order valence-corrected chi connectivity index (χ4v) is 1.36. The Hall–Kier alpha value is -1.35. The molecule has 0 aliphatic carbocycles. The normalized spacial score (nSPS) is 10.0. The third kappa shape index (κ3) is 4.13. The lowest BCUT2D eigenvalue weighted by atomic mass is 10.0. The number of hydrogen-bond donors (Lipinski definition) is 1. The molecule has 3 nitrogen and oxygen atoms in total. The predicted octanol–water partition coefficient (Wildman–Crippen LogP) is 1.46. The molecule has 15 heavy (non-hydrogen) atoms. The smallest absolute Gasteiger partial charge is 0.306 e. The highest BCUT2D eigenvalue weighted by Gasteiger charge is 2.04. The van der Waals surface area contributed by atoms with E-state index in [0.29, 0.717) is 12.8 Å². The van der Waals surface area contributed by atoms with E-state index in [1.807, 2.05) is 31.2 Å². The molecule has 0 bridgehead atoms. The van der Waals surface area contributed by atoms with Crippen LogP contribution < -0.4 is 0 Å². The van der Waals surface area contributed by atoms with Gasteiger partial charge in [0.25, 0.3) is 0 Å². The zero-order valence-corrected chi connectivity index (χ0v) is 8.90. The summed E-state index contributed by atoms with van der Waals surface area (Å²) in [5.41, 5.74) is 2.35. The van der Waals surface area contributed by atoms with Gasteiger partial charge in [0.1, 0.15) is 6.61 Å². The minimum Gasteiger partial charge on any atom is -0.463 e. The van der Waals surface area contributed by atoms with E-state index in [9.17, 15) is 4.79 Å². The molecule has 0 radical (unpaired) electrons. The maximum absolute atomic E-state index is 11.2. The summed E-state index contributed by atoms with van der Waals surface area (Å²) in [4.78, 5) is 11.2. The van der Waals surface area contributed by atoms with Crippen molar-refractivity contribution in [2.75, 3.05) is 13.2 Å². The highest BCUT2D eigenvalue weighted by molar-refractivity contribution is 5.69. The predicted molar refractivity (Wildman–Crippen MR) is 57.5 cm³/mol. The van der Waals surface area contributed by atoms with Crippen LogP contribution in [0.3, 0.4) is 0 Å². The first-order valence-electron chi connectivity index (χ1n) is 5.05. The van der Waals surface area contributed by atoms with Gasteiger partial charge < -0.3 is 9.84 Å². The topological polar surface area (TPSA) is 46.5 Å². The van der Waals surface area contributed by atoms with Gasteiger partial charge in [-0.25, -0.2) is 0 Å². The van der Waals surface area contributed by atoms with E-state index in [2.05, 4.69) is 0 Å². The largest absolute Gasteiger partial charge is 0.463 e. The minimum atomic E-state index is -0.257. The van der Waals surface area contributed by atoms with Crippen molar-refractivity contribution in [3.8, 4) is 0 Å². The molecule has 0 heterocycles. The van der Waals surface area contributed by atoms with E-state index in [1.165, 1.54) is 11.1 Å². The second kappa shape index (κ2) is 6.19. The van der Waals surface area contributed by atoms with E-state index >= 15 is 0 Å². The number of ether oxygens (including phenoxy) is 1. The molecule has 1 rings (SSSR count). The van der Waals surface area contributed by atoms with Crippen molar-refractivity contribution in [3.63, 3.8) is 0 Å². The molecule has 0 saturated carbocycles. The van der Waals surface area contributed by atoms with Crippen LogP contribution in [0.25, 0.3) is 0 Å². The highest BCUT2D eigenvalue weighted by atomic mass is 16.5. The van der Waals surface area contributed by atoms with Gasteiger partial charge in [-0.1, -0.05) is 24.3 Å². The fourth-order valence-electron chi connectivity index (χ4n) is 1.36. The van der Waals surface area contributed by atoms with E-state index in [-0.39, 0.29) is 19.2 Å². The second-order valence-corrected chi connectivity index (χ2v) is 3.37. The van der Waals surface area contributed by atoms with Crippen LogP contribution in [0.15, 0.2) is 24.3 Å². The van der Waals surface area contributed by atoms with E-state index in [0.717, 1.165) is 0 Å². The molecule has 1 N–H and O–H groups in total. The number of esters is 1. The first-order chi connectivity index (χ1) is 7.24. The van der Waals surface area contributed by atoms with Crippen molar-refractivity contribution < 1.29 is 14.6 Å². The molecule has 3 heteroatoms. The van der Waals surface area contributed by atoms with Crippen molar-refractivity contribution in [1.82, 2.24) is 0 Å². The zero-order chi connectivity index (χ0) is 11.1. The van der Waals surface area contributed by atoms with Crippen LogP contribution in [0.4, 0.5) is 0 Å². The van der Waals surface area contributed by atoms with Crippen molar-refractivity contribution in [2.45, 2.75) is 19.8 Å². The molecule has 0 atom stereocenters. The summed E-state index contributed by atoms with van der Waals surface area (Å²) in [5.74, 6) is -0.257. The average molecular weight is 208 g/mol. The van der Waals surface area contributed by atoms with Gasteiger partial charge in [0.2, 0.25) is 0 Å². The molecule has 1 aromatic rings. The highest BCUT2D eigenvalue weighted by Crippen LogP contribution is 2.09. The summed E-state index contributed by atoms with van der Waals surface area (Å²) in [5, 5.41) is 8.47. The van der Waals surface area contributed by atoms with Crippen LogP contribution in [-0.2, 0) is 16.0 Å². The Labute approximate surface area is 89.7 Å². The van der Waals surface area contributed by atoms with Crippen LogP contribution >= 0.6 is 0 Å². The SMILES string of the molecule is Cc1ccccc1CCC(=O)OCCO. The Bertz CT molecular complexity index is 320. The van der Waals surface area contributed by atoms with Crippen LogP contribution in [0.2, 0.25) is 0 Å². The molecule has 82 valence electrons. The third-order valence-corrected chi connectivity index (χ3v) is 2.21. The van der Waals surface area contributed by atoms with Crippen LogP contribution in [0.1, 0.15) is 17.5 Å². The Morgan fingerprint density at radius 3 is 2.80 bits per heavy atom. The van der Waals surface area contributed by atoms with Crippen LogP contribution in [-0.4, -0.2) is 24.3 Å². The quantitative estimate of drug-likeness (QED) is 0.745. The molecule has 0 saturated heterocycles. The molecular weight excluding hydrogens is 192 g/mol. The van der Waals surface area contributed by atoms with E-state index in [4.69, 9.17) is 9.84 Å².